The third kappa shape index (κ3) is 3.23. The summed E-state index contributed by atoms with van der Waals surface area (Å²) in [5.41, 5.74) is 2.17. The van der Waals surface area contributed by atoms with Crippen LogP contribution in [0.1, 0.15) is 5.56 Å². The number of aromatic nitrogens is 1. The Kier molecular flexibility index (Phi) is 3.88. The molecule has 0 aliphatic rings. The van der Waals surface area contributed by atoms with Crippen LogP contribution in [0.2, 0.25) is 5.02 Å². The topological polar surface area (TPSA) is 38.1 Å². The molecule has 0 bridgehead atoms. The van der Waals surface area contributed by atoms with E-state index in [1.165, 1.54) is 6.07 Å². The van der Waals surface area contributed by atoms with E-state index in [2.05, 4.69) is 10.5 Å². The van der Waals surface area contributed by atoms with E-state index in [1.807, 2.05) is 12.1 Å². The zero-order chi connectivity index (χ0) is 14.7. The van der Waals surface area contributed by atoms with E-state index in [0.717, 1.165) is 5.56 Å². The van der Waals surface area contributed by atoms with Crippen LogP contribution in [0.15, 0.2) is 59.1 Å². The summed E-state index contributed by atoms with van der Waals surface area (Å²) in [6.45, 7) is 0.335. The smallest absolute Gasteiger partial charge is 0.225 e. The highest BCUT2D eigenvalue weighted by atomic mass is 35.5. The number of hydrogen-bond donors (Lipinski definition) is 1. The zero-order valence-corrected chi connectivity index (χ0v) is 11.8. The van der Waals surface area contributed by atoms with Crippen molar-refractivity contribution in [3.05, 3.63) is 71.0 Å². The van der Waals surface area contributed by atoms with Gasteiger partial charge in [-0.3, -0.25) is 0 Å². The lowest BCUT2D eigenvalue weighted by Crippen LogP contribution is -2.00. The molecule has 1 heterocycles. The maximum Gasteiger partial charge on any atom is 0.225 e. The predicted octanol–water partition coefficient (Wildman–Crippen LogP) is 4.75. The van der Waals surface area contributed by atoms with Crippen molar-refractivity contribution in [2.75, 3.05) is 5.32 Å². The number of nitrogens with one attached hydrogen (secondary N) is 1. The van der Waals surface area contributed by atoms with Gasteiger partial charge in [-0.1, -0.05) is 47.1 Å². The molecule has 1 aromatic heterocycles. The molecular weight excluding hydrogens is 291 g/mol. The molecular formula is C16H12ClFN2O. The van der Waals surface area contributed by atoms with Gasteiger partial charge in [-0.15, -0.1) is 0 Å². The summed E-state index contributed by atoms with van der Waals surface area (Å²) in [6.07, 6.45) is 0. The number of benzene rings is 2. The molecule has 0 saturated carbocycles. The van der Waals surface area contributed by atoms with Crippen LogP contribution in [0.3, 0.4) is 0 Å². The Bertz CT molecular complexity index is 740. The predicted molar refractivity (Wildman–Crippen MR) is 80.7 cm³/mol. The number of anilines is 1. The van der Waals surface area contributed by atoms with Gasteiger partial charge in [-0.2, -0.15) is 0 Å². The van der Waals surface area contributed by atoms with Crippen molar-refractivity contribution in [3.63, 3.8) is 0 Å². The van der Waals surface area contributed by atoms with Crippen LogP contribution >= 0.6 is 11.6 Å². The lowest BCUT2D eigenvalue weighted by atomic mass is 10.1. The van der Waals surface area contributed by atoms with E-state index >= 15 is 0 Å². The first-order chi connectivity index (χ1) is 10.2. The van der Waals surface area contributed by atoms with Crippen molar-refractivity contribution < 1.29 is 8.91 Å². The standard InChI is InChI=1S/C16H12ClFN2O/c17-13-7-5-11(6-8-13)15-9-16(21-20-15)19-10-12-3-1-2-4-14(12)18/h1-9,19H,10H2. The maximum absolute atomic E-state index is 13.5. The second-order valence-electron chi connectivity index (χ2n) is 4.53. The van der Waals surface area contributed by atoms with Gasteiger partial charge in [0.25, 0.3) is 0 Å². The summed E-state index contributed by atoms with van der Waals surface area (Å²) in [7, 11) is 0. The molecule has 0 amide bonds. The van der Waals surface area contributed by atoms with Crippen LogP contribution in [0.5, 0.6) is 0 Å². The van der Waals surface area contributed by atoms with Gasteiger partial charge < -0.3 is 9.84 Å². The molecule has 0 saturated heterocycles. The van der Waals surface area contributed by atoms with E-state index in [0.29, 0.717) is 28.7 Å². The Hall–Kier alpha value is -2.33. The molecule has 106 valence electrons. The van der Waals surface area contributed by atoms with Crippen LogP contribution in [-0.2, 0) is 6.54 Å². The molecule has 0 fully saturated rings. The molecule has 0 aliphatic heterocycles. The average molecular weight is 303 g/mol. The van der Waals surface area contributed by atoms with Crippen LogP contribution in [0.4, 0.5) is 10.3 Å². The maximum atomic E-state index is 13.5. The SMILES string of the molecule is Fc1ccccc1CNc1cc(-c2ccc(Cl)cc2)no1. The lowest BCUT2D eigenvalue weighted by molar-refractivity contribution is 0.434. The minimum absolute atomic E-state index is 0.248. The first-order valence-corrected chi connectivity index (χ1v) is 6.80. The van der Waals surface area contributed by atoms with E-state index < -0.39 is 0 Å². The van der Waals surface area contributed by atoms with E-state index in [1.54, 1.807) is 36.4 Å². The molecule has 5 heteroatoms. The minimum atomic E-state index is -0.248. The Morgan fingerprint density at radius 2 is 1.86 bits per heavy atom. The second kappa shape index (κ2) is 5.97. The van der Waals surface area contributed by atoms with Crippen LogP contribution in [-0.4, -0.2) is 5.16 Å². The fourth-order valence-electron chi connectivity index (χ4n) is 1.94. The van der Waals surface area contributed by atoms with Gasteiger partial charge in [0.2, 0.25) is 5.88 Å². The van der Waals surface area contributed by atoms with Gasteiger partial charge in [0.15, 0.2) is 0 Å². The lowest BCUT2D eigenvalue weighted by Gasteiger charge is -2.02. The van der Waals surface area contributed by atoms with Gasteiger partial charge in [0, 0.05) is 28.8 Å². The van der Waals surface area contributed by atoms with Gasteiger partial charge in [-0.25, -0.2) is 4.39 Å². The third-order valence-corrected chi connectivity index (χ3v) is 3.31. The highest BCUT2D eigenvalue weighted by Gasteiger charge is 2.07. The van der Waals surface area contributed by atoms with Crippen LogP contribution in [0, 0.1) is 5.82 Å². The molecule has 0 aliphatic carbocycles. The highest BCUT2D eigenvalue weighted by Crippen LogP contribution is 2.23. The number of nitrogens with zero attached hydrogens (tertiary/aromatic N) is 1. The van der Waals surface area contributed by atoms with Gasteiger partial charge in [-0.05, 0) is 18.2 Å². The van der Waals surface area contributed by atoms with Gasteiger partial charge >= 0.3 is 0 Å². The van der Waals surface area contributed by atoms with Crippen molar-refractivity contribution in [2.45, 2.75) is 6.54 Å². The van der Waals surface area contributed by atoms with Crippen molar-refractivity contribution in [1.82, 2.24) is 5.16 Å². The largest absolute Gasteiger partial charge is 0.350 e. The molecule has 0 atom stereocenters. The Morgan fingerprint density at radius 1 is 1.10 bits per heavy atom. The summed E-state index contributed by atoms with van der Waals surface area (Å²) >= 11 is 5.85. The Morgan fingerprint density at radius 3 is 2.62 bits per heavy atom. The van der Waals surface area contributed by atoms with Gasteiger partial charge in [0.1, 0.15) is 11.5 Å². The summed E-state index contributed by atoms with van der Waals surface area (Å²) in [4.78, 5) is 0. The average Bonchev–Trinajstić information content (AvgIpc) is 2.96. The molecule has 0 radical (unpaired) electrons. The van der Waals surface area contributed by atoms with Crippen molar-refractivity contribution >= 4 is 17.5 Å². The van der Waals surface area contributed by atoms with Crippen molar-refractivity contribution in [1.29, 1.82) is 0 Å². The molecule has 1 N–H and O–H groups in total. The Labute approximate surface area is 126 Å². The first-order valence-electron chi connectivity index (χ1n) is 6.42. The zero-order valence-electron chi connectivity index (χ0n) is 11.0. The molecule has 3 nitrogen and oxygen atoms in total. The summed E-state index contributed by atoms with van der Waals surface area (Å²) in [6, 6.07) is 15.7. The van der Waals surface area contributed by atoms with E-state index in [4.69, 9.17) is 16.1 Å². The molecule has 3 rings (SSSR count). The fraction of sp³-hybridized carbons (Fsp3) is 0.0625. The third-order valence-electron chi connectivity index (χ3n) is 3.06. The first kappa shape index (κ1) is 13.6. The highest BCUT2D eigenvalue weighted by molar-refractivity contribution is 6.30. The summed E-state index contributed by atoms with van der Waals surface area (Å²) in [5.74, 6) is 0.241. The van der Waals surface area contributed by atoms with Crippen LogP contribution in [0.25, 0.3) is 11.3 Å². The number of rotatable bonds is 4. The van der Waals surface area contributed by atoms with Gasteiger partial charge in [0.05, 0.1) is 0 Å². The second-order valence-corrected chi connectivity index (χ2v) is 4.96. The monoisotopic (exact) mass is 302 g/mol. The van der Waals surface area contributed by atoms with E-state index in [9.17, 15) is 4.39 Å². The van der Waals surface area contributed by atoms with E-state index in [-0.39, 0.29) is 5.82 Å². The summed E-state index contributed by atoms with van der Waals surface area (Å²) in [5, 5.41) is 7.65. The van der Waals surface area contributed by atoms with Crippen LogP contribution < -0.4 is 5.32 Å². The Balaban J connectivity index is 1.71. The number of hydrogen-bond acceptors (Lipinski definition) is 3. The fourth-order valence-corrected chi connectivity index (χ4v) is 2.07. The quantitative estimate of drug-likeness (QED) is 0.756. The molecule has 2 aromatic carbocycles. The molecule has 0 unspecified atom stereocenters. The van der Waals surface area contributed by atoms with Crippen molar-refractivity contribution in [2.24, 2.45) is 0 Å². The normalized spacial score (nSPS) is 10.6. The van der Waals surface area contributed by atoms with Crippen molar-refractivity contribution in [3.8, 4) is 11.3 Å². The molecule has 3 aromatic rings. The summed E-state index contributed by atoms with van der Waals surface area (Å²) < 4.78 is 18.7. The number of halogens is 2. The minimum Gasteiger partial charge on any atom is -0.350 e. The molecule has 0 spiro atoms. The molecule has 21 heavy (non-hydrogen) atoms.